The number of aromatic nitrogens is 1. The third-order valence-corrected chi connectivity index (χ3v) is 3.38. The molecular weight excluding hydrogens is 230 g/mol. The molecule has 1 aromatic heterocycles. The zero-order valence-corrected chi connectivity index (χ0v) is 10.4. The maximum absolute atomic E-state index is 11.2. The zero-order chi connectivity index (χ0) is 13.1. The number of likely N-dealkylation sites (tertiary alicyclic amines) is 1. The van der Waals surface area contributed by atoms with Crippen molar-refractivity contribution in [3.05, 3.63) is 29.6 Å². The number of primary amides is 1. The van der Waals surface area contributed by atoms with Crippen LogP contribution < -0.4 is 5.73 Å². The Morgan fingerprint density at radius 3 is 2.56 bits per heavy atom. The summed E-state index contributed by atoms with van der Waals surface area (Å²) in [5.74, 6) is -0.0785. The van der Waals surface area contributed by atoms with Crippen molar-refractivity contribution >= 4 is 11.8 Å². The highest BCUT2D eigenvalue weighted by Gasteiger charge is 2.23. The number of amides is 2. The van der Waals surface area contributed by atoms with Crippen LogP contribution in [0.15, 0.2) is 18.2 Å². The van der Waals surface area contributed by atoms with E-state index in [2.05, 4.69) is 4.98 Å². The van der Waals surface area contributed by atoms with Crippen LogP contribution in [0.5, 0.6) is 0 Å². The molecule has 0 radical (unpaired) electrons. The average Bonchev–Trinajstić information content (AvgIpc) is 2.39. The van der Waals surface area contributed by atoms with Crippen molar-refractivity contribution in [1.82, 2.24) is 9.88 Å². The van der Waals surface area contributed by atoms with Crippen molar-refractivity contribution in [2.45, 2.75) is 25.7 Å². The van der Waals surface area contributed by atoms with E-state index in [1.54, 1.807) is 19.1 Å². The SMILES string of the molecule is CC(=O)N1CCC(c2cccc(C(N)=O)n2)CC1. The fraction of sp³-hybridized carbons (Fsp3) is 0.462. The lowest BCUT2D eigenvalue weighted by Crippen LogP contribution is -2.36. The van der Waals surface area contributed by atoms with Crippen LogP contribution in [0.25, 0.3) is 0 Å². The van der Waals surface area contributed by atoms with E-state index in [1.807, 2.05) is 11.0 Å². The number of nitrogens with two attached hydrogens (primary N) is 1. The minimum atomic E-state index is -0.502. The molecule has 1 aromatic rings. The summed E-state index contributed by atoms with van der Waals surface area (Å²) in [6, 6.07) is 5.34. The number of rotatable bonds is 2. The van der Waals surface area contributed by atoms with Crippen LogP contribution in [0.3, 0.4) is 0 Å². The van der Waals surface area contributed by atoms with Gasteiger partial charge in [-0.1, -0.05) is 6.07 Å². The van der Waals surface area contributed by atoms with Gasteiger partial charge in [-0.05, 0) is 25.0 Å². The lowest BCUT2D eigenvalue weighted by Gasteiger charge is -2.31. The van der Waals surface area contributed by atoms with Crippen molar-refractivity contribution in [2.24, 2.45) is 5.73 Å². The Morgan fingerprint density at radius 1 is 1.33 bits per heavy atom. The summed E-state index contributed by atoms with van der Waals surface area (Å²) in [6.45, 7) is 3.09. The first-order chi connectivity index (χ1) is 8.58. The van der Waals surface area contributed by atoms with Gasteiger partial charge in [0.05, 0.1) is 0 Å². The van der Waals surface area contributed by atoms with E-state index in [-0.39, 0.29) is 5.91 Å². The number of piperidine rings is 1. The van der Waals surface area contributed by atoms with Gasteiger partial charge < -0.3 is 10.6 Å². The highest BCUT2D eigenvalue weighted by Crippen LogP contribution is 2.26. The fourth-order valence-corrected chi connectivity index (χ4v) is 2.31. The van der Waals surface area contributed by atoms with E-state index in [4.69, 9.17) is 5.73 Å². The minimum absolute atomic E-state index is 0.118. The number of hydrogen-bond acceptors (Lipinski definition) is 3. The monoisotopic (exact) mass is 247 g/mol. The van der Waals surface area contributed by atoms with Gasteiger partial charge in [0.1, 0.15) is 5.69 Å². The van der Waals surface area contributed by atoms with Gasteiger partial charge in [0.25, 0.3) is 5.91 Å². The van der Waals surface area contributed by atoms with Crippen LogP contribution in [-0.2, 0) is 4.79 Å². The molecule has 2 rings (SSSR count). The van der Waals surface area contributed by atoms with Crippen molar-refractivity contribution in [3.63, 3.8) is 0 Å². The molecule has 0 unspecified atom stereocenters. The van der Waals surface area contributed by atoms with E-state index in [0.29, 0.717) is 11.6 Å². The summed E-state index contributed by atoms with van der Waals surface area (Å²) in [7, 11) is 0. The molecule has 0 atom stereocenters. The number of carbonyl (C=O) groups excluding carboxylic acids is 2. The first-order valence-corrected chi connectivity index (χ1v) is 6.10. The predicted octanol–water partition coefficient (Wildman–Crippen LogP) is 0.906. The number of pyridine rings is 1. The Hall–Kier alpha value is -1.91. The lowest BCUT2D eigenvalue weighted by atomic mass is 9.93. The molecule has 2 N–H and O–H groups in total. The van der Waals surface area contributed by atoms with Crippen molar-refractivity contribution in [1.29, 1.82) is 0 Å². The molecule has 0 spiro atoms. The molecule has 1 fully saturated rings. The number of nitrogens with zero attached hydrogens (tertiary/aromatic N) is 2. The minimum Gasteiger partial charge on any atom is -0.364 e. The Balaban J connectivity index is 2.07. The second-order valence-electron chi connectivity index (χ2n) is 4.59. The summed E-state index contributed by atoms with van der Waals surface area (Å²) < 4.78 is 0. The van der Waals surface area contributed by atoms with E-state index in [0.717, 1.165) is 31.6 Å². The molecule has 0 bridgehead atoms. The Kier molecular flexibility index (Phi) is 3.60. The molecule has 1 aliphatic heterocycles. The maximum Gasteiger partial charge on any atom is 0.267 e. The maximum atomic E-state index is 11.2. The molecule has 1 saturated heterocycles. The van der Waals surface area contributed by atoms with Gasteiger partial charge in [-0.2, -0.15) is 0 Å². The van der Waals surface area contributed by atoms with Crippen LogP contribution in [0.1, 0.15) is 41.9 Å². The van der Waals surface area contributed by atoms with Crippen LogP contribution in [-0.4, -0.2) is 34.8 Å². The number of hydrogen-bond donors (Lipinski definition) is 1. The van der Waals surface area contributed by atoms with E-state index in [9.17, 15) is 9.59 Å². The molecule has 1 aliphatic rings. The molecule has 5 heteroatoms. The summed E-state index contributed by atoms with van der Waals surface area (Å²) in [5, 5.41) is 0. The molecule has 96 valence electrons. The van der Waals surface area contributed by atoms with E-state index in [1.165, 1.54) is 0 Å². The summed E-state index contributed by atoms with van der Waals surface area (Å²) in [4.78, 5) is 28.4. The molecule has 2 amide bonds. The smallest absolute Gasteiger partial charge is 0.267 e. The second kappa shape index (κ2) is 5.16. The molecular formula is C13H17N3O2. The third-order valence-electron chi connectivity index (χ3n) is 3.38. The molecule has 2 heterocycles. The van der Waals surface area contributed by atoms with Gasteiger partial charge in [-0.25, -0.2) is 4.98 Å². The Bertz CT molecular complexity index is 465. The molecule has 0 saturated carbocycles. The molecule has 5 nitrogen and oxygen atoms in total. The highest BCUT2D eigenvalue weighted by molar-refractivity contribution is 5.90. The number of carbonyl (C=O) groups is 2. The van der Waals surface area contributed by atoms with Gasteiger partial charge >= 0.3 is 0 Å². The topological polar surface area (TPSA) is 76.3 Å². The van der Waals surface area contributed by atoms with E-state index >= 15 is 0 Å². The van der Waals surface area contributed by atoms with Crippen molar-refractivity contribution < 1.29 is 9.59 Å². The normalized spacial score (nSPS) is 16.6. The van der Waals surface area contributed by atoms with Gasteiger partial charge in [-0.15, -0.1) is 0 Å². The van der Waals surface area contributed by atoms with Crippen LogP contribution in [0, 0.1) is 0 Å². The summed E-state index contributed by atoms with van der Waals surface area (Å²) in [6.07, 6.45) is 1.77. The van der Waals surface area contributed by atoms with E-state index < -0.39 is 5.91 Å². The molecule has 18 heavy (non-hydrogen) atoms. The van der Waals surface area contributed by atoms with Crippen LogP contribution >= 0.6 is 0 Å². The Labute approximate surface area is 106 Å². The summed E-state index contributed by atoms with van der Waals surface area (Å²) >= 11 is 0. The highest BCUT2D eigenvalue weighted by atomic mass is 16.2. The first-order valence-electron chi connectivity index (χ1n) is 6.10. The standard InChI is InChI=1S/C13H17N3O2/c1-9(17)16-7-5-10(6-8-16)11-3-2-4-12(15-11)13(14)18/h2-4,10H,5-8H2,1H3,(H2,14,18). The average molecular weight is 247 g/mol. The molecule has 0 aromatic carbocycles. The third kappa shape index (κ3) is 2.67. The largest absolute Gasteiger partial charge is 0.364 e. The lowest BCUT2D eigenvalue weighted by molar-refractivity contribution is -0.129. The molecule has 0 aliphatic carbocycles. The van der Waals surface area contributed by atoms with Crippen LogP contribution in [0.2, 0.25) is 0 Å². The van der Waals surface area contributed by atoms with Gasteiger partial charge in [0.2, 0.25) is 5.91 Å². The first kappa shape index (κ1) is 12.5. The van der Waals surface area contributed by atoms with Gasteiger partial charge in [-0.3, -0.25) is 9.59 Å². The Morgan fingerprint density at radius 2 is 2.00 bits per heavy atom. The zero-order valence-electron chi connectivity index (χ0n) is 10.4. The van der Waals surface area contributed by atoms with Crippen molar-refractivity contribution in [3.8, 4) is 0 Å². The fourth-order valence-electron chi connectivity index (χ4n) is 2.31. The summed E-state index contributed by atoms with van der Waals surface area (Å²) in [5.41, 5.74) is 6.42. The quantitative estimate of drug-likeness (QED) is 0.843. The second-order valence-corrected chi connectivity index (χ2v) is 4.59. The van der Waals surface area contributed by atoms with Gasteiger partial charge in [0, 0.05) is 31.6 Å². The predicted molar refractivity (Wildman–Crippen MR) is 67.0 cm³/mol. The van der Waals surface area contributed by atoms with Gasteiger partial charge in [0.15, 0.2) is 0 Å². The van der Waals surface area contributed by atoms with Crippen molar-refractivity contribution in [2.75, 3.05) is 13.1 Å². The van der Waals surface area contributed by atoms with Crippen LogP contribution in [0.4, 0.5) is 0 Å².